The molecule has 2 rings (SSSR count). The number of nitrogens with zero attached hydrogens (tertiary/aromatic N) is 1. The van der Waals surface area contributed by atoms with E-state index in [9.17, 15) is 8.42 Å². The van der Waals surface area contributed by atoms with E-state index in [0.29, 0.717) is 17.1 Å². The number of hydrogen-bond donors (Lipinski definition) is 2. The molecule has 0 aliphatic rings. The van der Waals surface area contributed by atoms with Crippen LogP contribution in [0.2, 0.25) is 0 Å². The van der Waals surface area contributed by atoms with Gasteiger partial charge in [-0.25, -0.2) is 8.42 Å². The summed E-state index contributed by atoms with van der Waals surface area (Å²) in [5.41, 5.74) is 1.55. The van der Waals surface area contributed by atoms with Gasteiger partial charge in [-0.15, -0.1) is 0 Å². The summed E-state index contributed by atoms with van der Waals surface area (Å²) < 4.78 is 28.9. The van der Waals surface area contributed by atoms with Crippen molar-refractivity contribution < 1.29 is 8.42 Å². The fourth-order valence-corrected chi connectivity index (χ4v) is 3.64. The molecule has 2 aromatic heterocycles. The highest BCUT2D eigenvalue weighted by Crippen LogP contribution is 2.20. The first-order valence-corrected chi connectivity index (χ1v) is 8.86. The monoisotopic (exact) mass is 313 g/mol. The molecule has 0 fully saturated rings. The minimum Gasteiger partial charge on any atom is -0.352 e. The Morgan fingerprint density at radius 2 is 2.20 bits per heavy atom. The van der Waals surface area contributed by atoms with Crippen LogP contribution >= 0.6 is 11.3 Å². The third-order valence-electron chi connectivity index (χ3n) is 2.90. The van der Waals surface area contributed by atoms with Crippen LogP contribution in [0.1, 0.15) is 19.0 Å². The molecule has 2 N–H and O–H groups in total. The average Bonchev–Trinajstić information content (AvgIpc) is 3.00. The van der Waals surface area contributed by atoms with Crippen LogP contribution in [0.4, 0.5) is 5.69 Å². The van der Waals surface area contributed by atoms with E-state index in [1.165, 1.54) is 11.3 Å². The Labute approximate surface area is 123 Å². The van der Waals surface area contributed by atoms with Gasteiger partial charge in [-0.2, -0.15) is 11.3 Å². The van der Waals surface area contributed by atoms with Crippen LogP contribution in [-0.4, -0.2) is 19.5 Å². The maximum Gasteiger partial charge on any atom is 0.263 e. The van der Waals surface area contributed by atoms with E-state index < -0.39 is 10.0 Å². The summed E-state index contributed by atoms with van der Waals surface area (Å²) in [4.78, 5) is 0.291. The minimum absolute atomic E-state index is 0.291. The third-order valence-corrected chi connectivity index (χ3v) is 4.93. The molecule has 0 atom stereocenters. The zero-order chi connectivity index (χ0) is 14.6. The second-order valence-corrected chi connectivity index (χ2v) is 7.03. The van der Waals surface area contributed by atoms with Gasteiger partial charge in [0.05, 0.1) is 5.69 Å². The van der Waals surface area contributed by atoms with Crippen molar-refractivity contribution in [3.8, 4) is 0 Å². The smallest absolute Gasteiger partial charge is 0.263 e. The molecule has 0 saturated heterocycles. The lowest BCUT2D eigenvalue weighted by Crippen LogP contribution is -2.15. The normalized spacial score (nSPS) is 11.7. The standard InChI is InChI=1S/C13H19N3O2S2/c1-3-5-14-8-12-7-13(9-16(12)2)20(17,18)15-11-4-6-19-10-11/h4,6-7,9-10,14-15H,3,5,8H2,1-2H3. The summed E-state index contributed by atoms with van der Waals surface area (Å²) in [5, 5.41) is 6.87. The summed E-state index contributed by atoms with van der Waals surface area (Å²) in [6.07, 6.45) is 2.69. The van der Waals surface area contributed by atoms with Crippen LogP contribution in [0.3, 0.4) is 0 Å². The molecule has 110 valence electrons. The Bertz CT molecular complexity index is 645. The van der Waals surface area contributed by atoms with Crippen molar-refractivity contribution in [3.63, 3.8) is 0 Å². The van der Waals surface area contributed by atoms with Crippen LogP contribution in [0.5, 0.6) is 0 Å². The zero-order valence-electron chi connectivity index (χ0n) is 11.6. The molecule has 2 heterocycles. The molecular formula is C13H19N3O2S2. The van der Waals surface area contributed by atoms with Crippen LogP contribution in [0, 0.1) is 0 Å². The molecule has 7 heteroatoms. The van der Waals surface area contributed by atoms with Gasteiger partial charge >= 0.3 is 0 Å². The number of nitrogens with one attached hydrogen (secondary N) is 2. The Kier molecular flexibility index (Phi) is 4.85. The number of rotatable bonds is 7. The number of hydrogen-bond acceptors (Lipinski definition) is 4. The SMILES string of the molecule is CCCNCc1cc(S(=O)(=O)Nc2ccsc2)cn1C. The van der Waals surface area contributed by atoms with Crippen molar-refractivity contribution in [2.75, 3.05) is 11.3 Å². The first-order valence-electron chi connectivity index (χ1n) is 6.44. The van der Waals surface area contributed by atoms with Crippen molar-refractivity contribution >= 4 is 27.0 Å². The van der Waals surface area contributed by atoms with E-state index in [1.807, 2.05) is 17.0 Å². The van der Waals surface area contributed by atoms with E-state index in [2.05, 4.69) is 17.0 Å². The molecule has 20 heavy (non-hydrogen) atoms. The summed E-state index contributed by atoms with van der Waals surface area (Å²) >= 11 is 1.46. The van der Waals surface area contributed by atoms with Crippen LogP contribution < -0.4 is 10.0 Å². The summed E-state index contributed by atoms with van der Waals surface area (Å²) in [7, 11) is -1.65. The molecule has 0 aromatic carbocycles. The van der Waals surface area contributed by atoms with E-state index in [-0.39, 0.29) is 0 Å². The first-order chi connectivity index (χ1) is 9.53. The van der Waals surface area contributed by atoms with Crippen molar-refractivity contribution in [2.24, 2.45) is 7.05 Å². The quantitative estimate of drug-likeness (QED) is 0.772. The maximum absolute atomic E-state index is 12.3. The van der Waals surface area contributed by atoms with Gasteiger partial charge in [-0.3, -0.25) is 4.72 Å². The molecule has 2 aromatic rings. The van der Waals surface area contributed by atoms with Crippen LogP contribution in [0.15, 0.2) is 34.0 Å². The van der Waals surface area contributed by atoms with Crippen molar-refractivity contribution in [3.05, 3.63) is 34.8 Å². The topological polar surface area (TPSA) is 63.1 Å². The lowest BCUT2D eigenvalue weighted by molar-refractivity contribution is 0.601. The first kappa shape index (κ1) is 15.1. The number of anilines is 1. The summed E-state index contributed by atoms with van der Waals surface area (Å²) in [6.45, 7) is 3.68. The minimum atomic E-state index is -3.51. The second kappa shape index (κ2) is 6.43. The van der Waals surface area contributed by atoms with E-state index >= 15 is 0 Å². The molecule has 0 bridgehead atoms. The Hall–Kier alpha value is -1.31. The highest BCUT2D eigenvalue weighted by Gasteiger charge is 2.17. The predicted molar refractivity (Wildman–Crippen MR) is 82.5 cm³/mol. The molecule has 5 nitrogen and oxygen atoms in total. The number of aryl methyl sites for hydroxylation is 1. The summed E-state index contributed by atoms with van der Waals surface area (Å²) in [6, 6.07) is 3.45. The second-order valence-electron chi connectivity index (χ2n) is 4.57. The van der Waals surface area contributed by atoms with Gasteiger partial charge in [-0.05, 0) is 30.5 Å². The number of aromatic nitrogens is 1. The van der Waals surface area contributed by atoms with Crippen molar-refractivity contribution in [2.45, 2.75) is 24.8 Å². The van der Waals surface area contributed by atoms with Crippen LogP contribution in [-0.2, 0) is 23.6 Å². The largest absolute Gasteiger partial charge is 0.352 e. The number of sulfonamides is 1. The zero-order valence-corrected chi connectivity index (χ0v) is 13.2. The lowest BCUT2D eigenvalue weighted by atomic mass is 10.4. The average molecular weight is 313 g/mol. The highest BCUT2D eigenvalue weighted by molar-refractivity contribution is 7.92. The highest BCUT2D eigenvalue weighted by atomic mass is 32.2. The molecule has 0 aliphatic carbocycles. The van der Waals surface area contributed by atoms with Gasteiger partial charge in [0.2, 0.25) is 0 Å². The summed E-state index contributed by atoms with van der Waals surface area (Å²) in [5.74, 6) is 0. The predicted octanol–water partition coefficient (Wildman–Crippen LogP) is 2.39. The molecule has 0 spiro atoms. The molecular weight excluding hydrogens is 294 g/mol. The van der Waals surface area contributed by atoms with Crippen molar-refractivity contribution in [1.82, 2.24) is 9.88 Å². The third kappa shape index (κ3) is 3.62. The van der Waals surface area contributed by atoms with Gasteiger partial charge < -0.3 is 9.88 Å². The van der Waals surface area contributed by atoms with E-state index in [0.717, 1.165) is 18.7 Å². The van der Waals surface area contributed by atoms with Gasteiger partial charge in [0, 0.05) is 30.9 Å². The van der Waals surface area contributed by atoms with Gasteiger partial charge in [0.15, 0.2) is 0 Å². The molecule has 0 unspecified atom stereocenters. The Balaban J connectivity index is 2.14. The van der Waals surface area contributed by atoms with Crippen LogP contribution in [0.25, 0.3) is 0 Å². The maximum atomic E-state index is 12.3. The van der Waals surface area contributed by atoms with E-state index in [1.54, 1.807) is 23.7 Å². The molecule has 0 amide bonds. The van der Waals surface area contributed by atoms with E-state index in [4.69, 9.17) is 0 Å². The number of thiophene rings is 1. The fraction of sp³-hybridized carbons (Fsp3) is 0.385. The van der Waals surface area contributed by atoms with Gasteiger partial charge in [0.1, 0.15) is 4.90 Å². The Morgan fingerprint density at radius 3 is 2.85 bits per heavy atom. The van der Waals surface area contributed by atoms with Gasteiger partial charge in [0.25, 0.3) is 10.0 Å². The fourth-order valence-electron chi connectivity index (χ4n) is 1.83. The van der Waals surface area contributed by atoms with Gasteiger partial charge in [-0.1, -0.05) is 6.92 Å². The molecule has 0 radical (unpaired) electrons. The Morgan fingerprint density at radius 1 is 1.40 bits per heavy atom. The van der Waals surface area contributed by atoms with Crippen molar-refractivity contribution in [1.29, 1.82) is 0 Å². The lowest BCUT2D eigenvalue weighted by Gasteiger charge is -2.03. The molecule has 0 saturated carbocycles. The molecule has 0 aliphatic heterocycles.